The maximum Gasteiger partial charge on any atom is 0.326 e. The summed E-state index contributed by atoms with van der Waals surface area (Å²) < 4.78 is 5.48. The molecular weight excluding hydrogens is 276 g/mol. The van der Waals surface area contributed by atoms with Crippen LogP contribution in [0.15, 0.2) is 12.5 Å². The lowest BCUT2D eigenvalue weighted by atomic mass is 10.1. The highest BCUT2D eigenvalue weighted by molar-refractivity contribution is 5.82. The molecule has 1 fully saturated rings. The van der Waals surface area contributed by atoms with Gasteiger partial charge in [0.2, 0.25) is 0 Å². The van der Waals surface area contributed by atoms with Gasteiger partial charge < -0.3 is 25.5 Å². The molecule has 0 radical (unpaired) electrons. The van der Waals surface area contributed by atoms with Gasteiger partial charge in [0.05, 0.1) is 18.5 Å². The molecule has 2 amide bonds. The fourth-order valence-electron chi connectivity index (χ4n) is 2.31. The Morgan fingerprint density at radius 3 is 2.95 bits per heavy atom. The fraction of sp³-hybridized carbons (Fsp3) is 0.615. The highest BCUT2D eigenvalue weighted by Crippen LogP contribution is 2.15. The van der Waals surface area contributed by atoms with E-state index in [-0.39, 0.29) is 18.6 Å². The maximum absolute atomic E-state index is 11.9. The van der Waals surface area contributed by atoms with Crippen LogP contribution in [0.3, 0.4) is 0 Å². The summed E-state index contributed by atoms with van der Waals surface area (Å²) in [5.41, 5.74) is 0.648. The van der Waals surface area contributed by atoms with Crippen molar-refractivity contribution in [2.45, 2.75) is 44.4 Å². The Morgan fingerprint density at radius 1 is 1.57 bits per heavy atom. The van der Waals surface area contributed by atoms with E-state index < -0.39 is 18.0 Å². The second-order valence-electron chi connectivity index (χ2n) is 5.13. The van der Waals surface area contributed by atoms with Gasteiger partial charge in [-0.15, -0.1) is 0 Å². The lowest BCUT2D eigenvalue weighted by Gasteiger charge is -2.21. The van der Waals surface area contributed by atoms with Crippen molar-refractivity contribution in [3.05, 3.63) is 18.2 Å². The third-order valence-electron chi connectivity index (χ3n) is 3.46. The molecule has 1 aliphatic heterocycles. The fourth-order valence-corrected chi connectivity index (χ4v) is 2.31. The number of carbonyl (C=O) groups is 2. The van der Waals surface area contributed by atoms with Crippen molar-refractivity contribution in [1.29, 1.82) is 0 Å². The van der Waals surface area contributed by atoms with Crippen molar-refractivity contribution in [2.24, 2.45) is 0 Å². The van der Waals surface area contributed by atoms with Crippen molar-refractivity contribution in [2.75, 3.05) is 6.61 Å². The second-order valence-corrected chi connectivity index (χ2v) is 5.13. The zero-order valence-electron chi connectivity index (χ0n) is 11.8. The number of carbonyl (C=O) groups excluding carboxylic acids is 1. The Kier molecular flexibility index (Phi) is 5.15. The van der Waals surface area contributed by atoms with Gasteiger partial charge in [-0.2, -0.15) is 0 Å². The summed E-state index contributed by atoms with van der Waals surface area (Å²) in [6.45, 7) is 2.55. The number of hydrogen-bond donors (Lipinski definition) is 4. The second kappa shape index (κ2) is 7.07. The van der Waals surface area contributed by atoms with E-state index in [0.29, 0.717) is 12.3 Å². The summed E-state index contributed by atoms with van der Waals surface area (Å²) >= 11 is 0. The van der Waals surface area contributed by atoms with Crippen LogP contribution in [0.2, 0.25) is 0 Å². The molecule has 0 aromatic carbocycles. The molecule has 2 heterocycles. The molecule has 0 aliphatic carbocycles. The summed E-state index contributed by atoms with van der Waals surface area (Å²) in [6, 6.07) is -1.68. The van der Waals surface area contributed by atoms with Crippen LogP contribution in [0.4, 0.5) is 4.79 Å². The predicted molar refractivity (Wildman–Crippen MR) is 73.8 cm³/mol. The number of aliphatic carboxylic acids is 1. The number of urea groups is 1. The number of carboxylic acids is 1. The van der Waals surface area contributed by atoms with Crippen molar-refractivity contribution in [1.82, 2.24) is 20.6 Å². The molecular formula is C13H20N4O4. The monoisotopic (exact) mass is 296 g/mol. The summed E-state index contributed by atoms with van der Waals surface area (Å²) in [5, 5.41) is 14.3. The first-order valence-corrected chi connectivity index (χ1v) is 6.95. The van der Waals surface area contributed by atoms with Crippen LogP contribution < -0.4 is 10.6 Å². The number of H-pyrrole nitrogens is 1. The van der Waals surface area contributed by atoms with Crippen molar-refractivity contribution >= 4 is 12.0 Å². The summed E-state index contributed by atoms with van der Waals surface area (Å²) in [5.74, 6) is -1.09. The molecule has 8 nitrogen and oxygen atoms in total. The Labute approximate surface area is 122 Å². The molecule has 116 valence electrons. The number of nitrogens with one attached hydrogen (secondary N) is 3. The number of carboxylic acid groups (broad SMARTS) is 1. The molecule has 3 atom stereocenters. The summed E-state index contributed by atoms with van der Waals surface area (Å²) in [6.07, 6.45) is 5.02. The first-order chi connectivity index (χ1) is 10.1. The van der Waals surface area contributed by atoms with Crippen LogP contribution in [0.25, 0.3) is 0 Å². The topological polar surface area (TPSA) is 116 Å². The Hall–Kier alpha value is -2.09. The first kappa shape index (κ1) is 15.3. The van der Waals surface area contributed by atoms with Gasteiger partial charge in [0.15, 0.2) is 0 Å². The zero-order valence-corrected chi connectivity index (χ0v) is 11.8. The minimum atomic E-state index is -1.09. The standard InChI is InChI=1S/C13H20N4O4/c1-8(11-3-2-4-21-11)16-13(20)17-10(12(18)19)5-9-6-14-7-15-9/h6-8,10-11H,2-5H2,1H3,(H,14,15)(H,18,19)(H2,16,17,20). The van der Waals surface area contributed by atoms with Gasteiger partial charge in [0, 0.05) is 24.9 Å². The molecule has 4 N–H and O–H groups in total. The molecule has 0 saturated carbocycles. The van der Waals surface area contributed by atoms with Crippen LogP contribution in [0.5, 0.6) is 0 Å². The first-order valence-electron chi connectivity index (χ1n) is 6.95. The summed E-state index contributed by atoms with van der Waals surface area (Å²) in [7, 11) is 0. The van der Waals surface area contributed by atoms with E-state index >= 15 is 0 Å². The van der Waals surface area contributed by atoms with Crippen molar-refractivity contribution < 1.29 is 19.4 Å². The molecule has 21 heavy (non-hydrogen) atoms. The molecule has 1 aliphatic rings. The van der Waals surface area contributed by atoms with Gasteiger partial charge >= 0.3 is 12.0 Å². The highest BCUT2D eigenvalue weighted by Gasteiger charge is 2.26. The van der Waals surface area contributed by atoms with E-state index in [2.05, 4.69) is 20.6 Å². The average Bonchev–Trinajstić information content (AvgIpc) is 3.10. The van der Waals surface area contributed by atoms with Gasteiger partial charge in [-0.1, -0.05) is 0 Å². The smallest absolute Gasteiger partial charge is 0.326 e. The van der Waals surface area contributed by atoms with E-state index in [0.717, 1.165) is 12.8 Å². The van der Waals surface area contributed by atoms with Crippen LogP contribution in [-0.4, -0.2) is 51.9 Å². The Bertz CT molecular complexity index is 471. The van der Waals surface area contributed by atoms with Crippen LogP contribution in [-0.2, 0) is 16.0 Å². The molecule has 1 saturated heterocycles. The van der Waals surface area contributed by atoms with Gasteiger partial charge in [-0.25, -0.2) is 14.6 Å². The van der Waals surface area contributed by atoms with E-state index in [9.17, 15) is 9.59 Å². The van der Waals surface area contributed by atoms with E-state index in [1.54, 1.807) is 0 Å². The molecule has 1 aromatic heterocycles. The van der Waals surface area contributed by atoms with Crippen molar-refractivity contribution in [3.8, 4) is 0 Å². The normalized spacial score (nSPS) is 20.7. The zero-order chi connectivity index (χ0) is 15.2. The average molecular weight is 296 g/mol. The lowest BCUT2D eigenvalue weighted by Crippen LogP contribution is -2.51. The van der Waals surface area contributed by atoms with E-state index in [1.165, 1.54) is 12.5 Å². The van der Waals surface area contributed by atoms with Gasteiger partial charge in [0.1, 0.15) is 6.04 Å². The highest BCUT2D eigenvalue weighted by atomic mass is 16.5. The predicted octanol–water partition coefficient (Wildman–Crippen LogP) is 0.272. The third kappa shape index (κ3) is 4.45. The van der Waals surface area contributed by atoms with Crippen LogP contribution in [0.1, 0.15) is 25.5 Å². The lowest BCUT2D eigenvalue weighted by molar-refractivity contribution is -0.139. The number of ether oxygens (including phenoxy) is 1. The number of amides is 2. The van der Waals surface area contributed by atoms with Gasteiger partial charge in [-0.05, 0) is 19.8 Å². The number of imidazole rings is 1. The molecule has 2 rings (SSSR count). The Morgan fingerprint density at radius 2 is 2.38 bits per heavy atom. The number of rotatable bonds is 6. The molecule has 0 bridgehead atoms. The van der Waals surface area contributed by atoms with Crippen LogP contribution >= 0.6 is 0 Å². The third-order valence-corrected chi connectivity index (χ3v) is 3.46. The number of aromatic nitrogens is 2. The maximum atomic E-state index is 11.9. The molecule has 0 spiro atoms. The number of nitrogens with zero attached hydrogens (tertiary/aromatic N) is 1. The van der Waals surface area contributed by atoms with Gasteiger partial charge in [-0.3, -0.25) is 0 Å². The van der Waals surface area contributed by atoms with E-state index in [4.69, 9.17) is 9.84 Å². The van der Waals surface area contributed by atoms with E-state index in [1.807, 2.05) is 6.92 Å². The molecule has 8 heteroatoms. The largest absolute Gasteiger partial charge is 0.480 e. The Balaban J connectivity index is 1.84. The number of aromatic amines is 1. The minimum Gasteiger partial charge on any atom is -0.480 e. The minimum absolute atomic E-state index is 0.00775. The quantitative estimate of drug-likeness (QED) is 0.601. The van der Waals surface area contributed by atoms with Gasteiger partial charge in [0.25, 0.3) is 0 Å². The summed E-state index contributed by atoms with van der Waals surface area (Å²) in [4.78, 5) is 29.7. The molecule has 1 aromatic rings. The molecule has 3 unspecified atom stereocenters. The number of hydrogen-bond acceptors (Lipinski definition) is 4. The SMILES string of the molecule is CC(NC(=O)NC(Cc1cnc[nH]1)C(=O)O)C1CCCO1. The van der Waals surface area contributed by atoms with Crippen molar-refractivity contribution in [3.63, 3.8) is 0 Å². The van der Waals surface area contributed by atoms with Crippen LogP contribution in [0, 0.1) is 0 Å².